The van der Waals surface area contributed by atoms with Gasteiger partial charge in [-0.3, -0.25) is 4.79 Å². The summed E-state index contributed by atoms with van der Waals surface area (Å²) >= 11 is 0. The fourth-order valence-electron chi connectivity index (χ4n) is 3.41. The highest BCUT2D eigenvalue weighted by Crippen LogP contribution is 2.28. The molecule has 0 radical (unpaired) electrons. The number of fused-ring (bicyclic) bond motifs is 1. The van der Waals surface area contributed by atoms with Crippen molar-refractivity contribution in [3.05, 3.63) is 65.0 Å². The molecule has 2 N–H and O–H groups in total. The molecular weight excluding hydrogens is 338 g/mol. The molecule has 138 valence electrons. The van der Waals surface area contributed by atoms with Gasteiger partial charge >= 0.3 is 0 Å². The van der Waals surface area contributed by atoms with Crippen molar-refractivity contribution < 1.29 is 9.53 Å². The molecule has 1 fully saturated rings. The number of ether oxygens (including phenoxy) is 1. The van der Waals surface area contributed by atoms with E-state index in [-0.39, 0.29) is 12.0 Å². The molecule has 4 rings (SSSR count). The molecule has 1 atom stereocenters. The normalized spacial score (nSPS) is 17.0. The summed E-state index contributed by atoms with van der Waals surface area (Å²) in [6, 6.07) is 11.9. The predicted octanol–water partition coefficient (Wildman–Crippen LogP) is 4.68. The van der Waals surface area contributed by atoms with Gasteiger partial charge in [0.1, 0.15) is 11.9 Å². The minimum atomic E-state index is -0.159. The van der Waals surface area contributed by atoms with E-state index in [0.717, 1.165) is 53.1 Å². The van der Waals surface area contributed by atoms with E-state index in [2.05, 4.69) is 28.3 Å². The minimum Gasteiger partial charge on any atom is -0.370 e. The van der Waals surface area contributed by atoms with Crippen LogP contribution in [0.25, 0.3) is 17.1 Å². The second-order valence-electron chi connectivity index (χ2n) is 7.04. The monoisotopic (exact) mass is 361 g/mol. The highest BCUT2D eigenvalue weighted by atomic mass is 16.5. The summed E-state index contributed by atoms with van der Waals surface area (Å²) in [6.45, 7) is 4.89. The molecule has 5 nitrogen and oxygen atoms in total. The average molecular weight is 361 g/mol. The summed E-state index contributed by atoms with van der Waals surface area (Å²) in [5, 5.41) is 2.91. The number of nitrogens with one attached hydrogen (secondary N) is 2. The molecule has 1 aromatic heterocycles. The zero-order valence-electron chi connectivity index (χ0n) is 15.6. The summed E-state index contributed by atoms with van der Waals surface area (Å²) in [7, 11) is 0. The number of aromatic nitrogens is 2. The number of hydrogen-bond acceptors (Lipinski definition) is 3. The van der Waals surface area contributed by atoms with Crippen LogP contribution in [0, 0.1) is 13.8 Å². The number of H-pyrrole nitrogens is 1. The fraction of sp³-hybridized carbons (Fsp3) is 0.273. The molecule has 0 spiro atoms. The van der Waals surface area contributed by atoms with E-state index in [1.54, 1.807) is 6.08 Å². The number of carbonyl (C=O) groups is 1. The first kappa shape index (κ1) is 17.5. The van der Waals surface area contributed by atoms with Crippen molar-refractivity contribution in [2.45, 2.75) is 32.8 Å². The number of benzene rings is 2. The standard InChI is InChI=1S/C22H23N3O2/c1-14-5-6-16(15(2)12-14)7-10-21(26)23-17-8-9-18-19(13-17)25-22(24-18)20-4-3-11-27-20/h5-10,12-13,20H,3-4,11H2,1-2H3,(H,23,26)(H,24,25)/b10-7+. The average Bonchev–Trinajstić information content (AvgIpc) is 3.30. The van der Waals surface area contributed by atoms with Crippen molar-refractivity contribution in [3.63, 3.8) is 0 Å². The first-order chi connectivity index (χ1) is 13.1. The molecule has 1 saturated heterocycles. The van der Waals surface area contributed by atoms with Crippen LogP contribution in [0.4, 0.5) is 5.69 Å². The first-order valence-electron chi connectivity index (χ1n) is 9.26. The van der Waals surface area contributed by atoms with Crippen LogP contribution in [0.15, 0.2) is 42.5 Å². The van der Waals surface area contributed by atoms with Crippen LogP contribution in [-0.2, 0) is 9.53 Å². The Hall–Kier alpha value is -2.92. The van der Waals surface area contributed by atoms with Crippen LogP contribution in [0.5, 0.6) is 0 Å². The number of hydrogen-bond donors (Lipinski definition) is 2. The Kier molecular flexibility index (Phi) is 4.77. The van der Waals surface area contributed by atoms with Crippen molar-refractivity contribution in [3.8, 4) is 0 Å². The van der Waals surface area contributed by atoms with Gasteiger partial charge in [0.15, 0.2) is 0 Å². The zero-order valence-corrected chi connectivity index (χ0v) is 15.6. The largest absolute Gasteiger partial charge is 0.370 e. The number of anilines is 1. The maximum Gasteiger partial charge on any atom is 0.248 e. The van der Waals surface area contributed by atoms with E-state index in [9.17, 15) is 4.79 Å². The van der Waals surface area contributed by atoms with Crippen molar-refractivity contribution in [1.82, 2.24) is 9.97 Å². The van der Waals surface area contributed by atoms with Gasteiger partial charge in [0.25, 0.3) is 0 Å². The number of aryl methyl sites for hydroxylation is 2. The Bertz CT molecular complexity index is 1010. The van der Waals surface area contributed by atoms with Gasteiger partial charge in [-0.2, -0.15) is 0 Å². The van der Waals surface area contributed by atoms with Gasteiger partial charge in [-0.05, 0) is 62.1 Å². The lowest BCUT2D eigenvalue weighted by molar-refractivity contribution is -0.111. The van der Waals surface area contributed by atoms with Crippen molar-refractivity contribution >= 4 is 28.7 Å². The Morgan fingerprint density at radius 2 is 2.15 bits per heavy atom. The second-order valence-corrected chi connectivity index (χ2v) is 7.04. The van der Waals surface area contributed by atoms with Gasteiger partial charge < -0.3 is 15.0 Å². The van der Waals surface area contributed by atoms with Gasteiger partial charge in [-0.15, -0.1) is 0 Å². The lowest BCUT2D eigenvalue weighted by Gasteiger charge is -2.04. The summed E-state index contributed by atoms with van der Waals surface area (Å²) in [5.41, 5.74) is 5.92. The Morgan fingerprint density at radius 1 is 1.26 bits per heavy atom. The molecule has 2 heterocycles. The van der Waals surface area contributed by atoms with Crippen LogP contribution >= 0.6 is 0 Å². The maximum absolute atomic E-state index is 12.3. The van der Waals surface area contributed by atoms with Crippen LogP contribution in [-0.4, -0.2) is 22.5 Å². The quantitative estimate of drug-likeness (QED) is 0.663. The first-order valence-corrected chi connectivity index (χ1v) is 9.26. The summed E-state index contributed by atoms with van der Waals surface area (Å²) in [4.78, 5) is 20.2. The molecule has 3 aromatic rings. The van der Waals surface area contributed by atoms with E-state index in [4.69, 9.17) is 4.74 Å². The number of nitrogens with zero attached hydrogens (tertiary/aromatic N) is 1. The lowest BCUT2D eigenvalue weighted by Crippen LogP contribution is -2.07. The molecule has 1 aliphatic rings. The third-order valence-electron chi connectivity index (χ3n) is 4.84. The van der Waals surface area contributed by atoms with E-state index < -0.39 is 0 Å². The number of carbonyl (C=O) groups excluding carboxylic acids is 1. The predicted molar refractivity (Wildman–Crippen MR) is 108 cm³/mol. The molecule has 2 aromatic carbocycles. The van der Waals surface area contributed by atoms with Crippen molar-refractivity contribution in [2.24, 2.45) is 0 Å². The van der Waals surface area contributed by atoms with Gasteiger partial charge in [-0.25, -0.2) is 4.98 Å². The van der Waals surface area contributed by atoms with Gasteiger partial charge in [0.05, 0.1) is 11.0 Å². The molecule has 1 unspecified atom stereocenters. The highest BCUT2D eigenvalue weighted by Gasteiger charge is 2.21. The third kappa shape index (κ3) is 3.93. The van der Waals surface area contributed by atoms with Crippen LogP contribution < -0.4 is 5.32 Å². The summed E-state index contributed by atoms with van der Waals surface area (Å²) in [5.74, 6) is 0.703. The Balaban J connectivity index is 1.47. The number of aromatic amines is 1. The fourth-order valence-corrected chi connectivity index (χ4v) is 3.41. The van der Waals surface area contributed by atoms with E-state index in [1.165, 1.54) is 5.56 Å². The van der Waals surface area contributed by atoms with Crippen LogP contribution in [0.2, 0.25) is 0 Å². The van der Waals surface area contributed by atoms with Gasteiger partial charge in [0, 0.05) is 18.4 Å². The molecule has 5 heteroatoms. The topological polar surface area (TPSA) is 67.0 Å². The summed E-state index contributed by atoms with van der Waals surface area (Å²) in [6.07, 6.45) is 5.51. The molecule has 1 aliphatic heterocycles. The molecule has 27 heavy (non-hydrogen) atoms. The SMILES string of the molecule is Cc1ccc(/C=C/C(=O)Nc2ccc3nc(C4CCCO4)[nH]c3c2)c(C)c1. The number of imidazole rings is 1. The molecular formula is C22H23N3O2. The molecule has 0 aliphatic carbocycles. The van der Waals surface area contributed by atoms with Gasteiger partial charge in [-0.1, -0.05) is 23.8 Å². The lowest BCUT2D eigenvalue weighted by atomic mass is 10.1. The molecule has 1 amide bonds. The minimum absolute atomic E-state index is 0.0520. The third-order valence-corrected chi connectivity index (χ3v) is 4.84. The van der Waals surface area contributed by atoms with E-state index in [1.807, 2.05) is 43.3 Å². The molecule has 0 bridgehead atoms. The number of rotatable bonds is 4. The van der Waals surface area contributed by atoms with Crippen molar-refractivity contribution in [2.75, 3.05) is 11.9 Å². The van der Waals surface area contributed by atoms with Crippen LogP contribution in [0.1, 0.15) is 41.5 Å². The van der Waals surface area contributed by atoms with Gasteiger partial charge in [0.2, 0.25) is 5.91 Å². The second kappa shape index (κ2) is 7.37. The number of amides is 1. The zero-order chi connectivity index (χ0) is 18.8. The van der Waals surface area contributed by atoms with Crippen molar-refractivity contribution in [1.29, 1.82) is 0 Å². The highest BCUT2D eigenvalue weighted by molar-refractivity contribution is 6.02. The smallest absolute Gasteiger partial charge is 0.248 e. The van der Waals surface area contributed by atoms with E-state index in [0.29, 0.717) is 0 Å². The molecule has 0 saturated carbocycles. The summed E-state index contributed by atoms with van der Waals surface area (Å²) < 4.78 is 5.68. The maximum atomic E-state index is 12.3. The Morgan fingerprint density at radius 3 is 2.93 bits per heavy atom. The van der Waals surface area contributed by atoms with E-state index >= 15 is 0 Å². The Labute approximate surface area is 158 Å². The van der Waals surface area contributed by atoms with Crippen LogP contribution in [0.3, 0.4) is 0 Å².